The number of rotatable bonds is 5. The first-order valence-corrected chi connectivity index (χ1v) is 4.51. The van der Waals surface area contributed by atoms with Crippen LogP contribution >= 0.6 is 0 Å². The first kappa shape index (κ1) is 11.0. The van der Waals surface area contributed by atoms with E-state index in [1.807, 2.05) is 6.92 Å². The van der Waals surface area contributed by atoms with E-state index in [1.165, 1.54) is 0 Å². The van der Waals surface area contributed by atoms with E-state index in [9.17, 15) is 0 Å². The van der Waals surface area contributed by atoms with E-state index in [0.29, 0.717) is 0 Å². The molecule has 0 amide bonds. The summed E-state index contributed by atoms with van der Waals surface area (Å²) in [7, 11) is 0. The van der Waals surface area contributed by atoms with Crippen molar-refractivity contribution in [2.45, 2.75) is 26.7 Å². The van der Waals surface area contributed by atoms with Gasteiger partial charge in [-0.3, -0.25) is 0 Å². The van der Waals surface area contributed by atoms with Crippen molar-refractivity contribution in [2.24, 2.45) is 0 Å². The smallest absolute Gasteiger partial charge is 0.0166 e. The highest BCUT2D eigenvalue weighted by Crippen LogP contribution is 1.87. The van der Waals surface area contributed by atoms with E-state index in [4.69, 9.17) is 0 Å². The molecule has 0 fully saturated rings. The van der Waals surface area contributed by atoms with Gasteiger partial charge in [0.05, 0.1) is 0 Å². The molecule has 0 unspecified atom stereocenters. The molecule has 0 aromatic rings. The van der Waals surface area contributed by atoms with Gasteiger partial charge in [0.15, 0.2) is 0 Å². The van der Waals surface area contributed by atoms with Gasteiger partial charge in [-0.1, -0.05) is 55.5 Å². The molecule has 12 heavy (non-hydrogen) atoms. The van der Waals surface area contributed by atoms with E-state index in [2.05, 4.69) is 55.5 Å². The lowest BCUT2D eigenvalue weighted by atomic mass is 10.3. The van der Waals surface area contributed by atoms with Crippen LogP contribution in [0.3, 0.4) is 0 Å². The summed E-state index contributed by atoms with van der Waals surface area (Å²) >= 11 is 0. The van der Waals surface area contributed by atoms with Crippen LogP contribution in [0.25, 0.3) is 0 Å². The van der Waals surface area contributed by atoms with Gasteiger partial charge in [-0.05, 0) is 19.8 Å². The molecule has 0 nitrogen and oxygen atoms in total. The van der Waals surface area contributed by atoms with Gasteiger partial charge in [-0.25, -0.2) is 0 Å². The molecule has 0 heterocycles. The fourth-order valence-corrected chi connectivity index (χ4v) is 0.715. The van der Waals surface area contributed by atoms with Crippen LogP contribution in [0.15, 0.2) is 48.6 Å². The Hall–Kier alpha value is -1.04. The highest BCUT2D eigenvalue weighted by molar-refractivity contribution is 5.11. The fourth-order valence-electron chi connectivity index (χ4n) is 0.715. The van der Waals surface area contributed by atoms with Crippen molar-refractivity contribution >= 4 is 0 Å². The topological polar surface area (TPSA) is 0 Å². The summed E-state index contributed by atoms with van der Waals surface area (Å²) < 4.78 is 0. The van der Waals surface area contributed by atoms with Crippen LogP contribution in [-0.2, 0) is 0 Å². The second-order valence-electron chi connectivity index (χ2n) is 2.45. The molecule has 0 aromatic carbocycles. The third kappa shape index (κ3) is 8.96. The van der Waals surface area contributed by atoms with Crippen molar-refractivity contribution in [3.05, 3.63) is 48.6 Å². The number of hydrogen-bond donors (Lipinski definition) is 0. The normalized spacial score (nSPS) is 13.2. The summed E-state index contributed by atoms with van der Waals surface area (Å²) in [5.74, 6) is 0. The van der Waals surface area contributed by atoms with Gasteiger partial charge < -0.3 is 0 Å². The Kier molecular flexibility index (Phi) is 9.10. The zero-order valence-electron chi connectivity index (χ0n) is 8.03. The van der Waals surface area contributed by atoms with Crippen molar-refractivity contribution in [1.82, 2.24) is 0 Å². The van der Waals surface area contributed by atoms with E-state index >= 15 is 0 Å². The van der Waals surface area contributed by atoms with E-state index in [-0.39, 0.29) is 0 Å². The predicted octanol–water partition coefficient (Wildman–Crippen LogP) is 4.03. The van der Waals surface area contributed by atoms with Crippen molar-refractivity contribution in [1.29, 1.82) is 0 Å². The van der Waals surface area contributed by atoms with Gasteiger partial charge in [0.25, 0.3) is 0 Å². The van der Waals surface area contributed by atoms with Crippen LogP contribution in [0.4, 0.5) is 0 Å². The van der Waals surface area contributed by atoms with Crippen molar-refractivity contribution < 1.29 is 0 Å². The standard InChI is InChI=1S/C12H18/c1-3-5-7-9-11-12-10-8-6-4-2/h3,5-6,8-12H,4,7H2,1-2H3. The molecule has 0 atom stereocenters. The lowest BCUT2D eigenvalue weighted by molar-refractivity contribution is 1.22. The first-order chi connectivity index (χ1) is 5.91. The summed E-state index contributed by atoms with van der Waals surface area (Å²) in [5.41, 5.74) is 0. The minimum absolute atomic E-state index is 1.03. The van der Waals surface area contributed by atoms with Crippen LogP contribution in [0.2, 0.25) is 0 Å². The van der Waals surface area contributed by atoms with Crippen LogP contribution in [-0.4, -0.2) is 0 Å². The summed E-state index contributed by atoms with van der Waals surface area (Å²) in [4.78, 5) is 0. The quantitative estimate of drug-likeness (QED) is 0.423. The highest BCUT2D eigenvalue weighted by Gasteiger charge is 1.66. The third-order valence-electron chi connectivity index (χ3n) is 1.35. The molecule has 0 rings (SSSR count). The van der Waals surface area contributed by atoms with Crippen molar-refractivity contribution in [3.63, 3.8) is 0 Å². The van der Waals surface area contributed by atoms with Crippen LogP contribution < -0.4 is 0 Å². The Bertz CT molecular complexity index is 180. The van der Waals surface area contributed by atoms with Crippen LogP contribution in [0, 0.1) is 0 Å². The van der Waals surface area contributed by atoms with Gasteiger partial charge in [0.1, 0.15) is 0 Å². The monoisotopic (exact) mass is 162 g/mol. The minimum Gasteiger partial charge on any atom is -0.0914 e. The number of hydrogen-bond acceptors (Lipinski definition) is 0. The molecule has 0 bridgehead atoms. The maximum atomic E-state index is 2.14. The largest absolute Gasteiger partial charge is 0.0914 e. The second-order valence-corrected chi connectivity index (χ2v) is 2.45. The Morgan fingerprint density at radius 3 is 2.08 bits per heavy atom. The average Bonchev–Trinajstić information content (AvgIpc) is 2.10. The molecule has 0 aliphatic carbocycles. The lowest BCUT2D eigenvalue weighted by Crippen LogP contribution is -1.56. The summed E-state index contributed by atoms with van der Waals surface area (Å²) in [6.07, 6.45) is 18.8. The van der Waals surface area contributed by atoms with Gasteiger partial charge in [-0.15, -0.1) is 0 Å². The molecule has 0 aliphatic rings. The molecule has 0 spiro atoms. The molecule has 0 saturated carbocycles. The molecule has 0 heteroatoms. The molecule has 0 saturated heterocycles. The van der Waals surface area contributed by atoms with Crippen LogP contribution in [0.5, 0.6) is 0 Å². The Morgan fingerprint density at radius 1 is 0.833 bits per heavy atom. The maximum Gasteiger partial charge on any atom is -0.0166 e. The predicted molar refractivity (Wildman–Crippen MR) is 57.1 cm³/mol. The van der Waals surface area contributed by atoms with E-state index in [0.717, 1.165) is 12.8 Å². The minimum atomic E-state index is 1.03. The SMILES string of the molecule is CC=CCC=CC=CC=CCC. The first-order valence-electron chi connectivity index (χ1n) is 4.51. The maximum absolute atomic E-state index is 2.14. The van der Waals surface area contributed by atoms with Crippen molar-refractivity contribution in [2.75, 3.05) is 0 Å². The molecule has 0 N–H and O–H groups in total. The highest BCUT2D eigenvalue weighted by atomic mass is 13.7. The summed E-state index contributed by atoms with van der Waals surface area (Å²) in [6, 6.07) is 0. The van der Waals surface area contributed by atoms with Gasteiger partial charge in [0.2, 0.25) is 0 Å². The van der Waals surface area contributed by atoms with Crippen molar-refractivity contribution in [3.8, 4) is 0 Å². The lowest BCUT2D eigenvalue weighted by Gasteiger charge is -1.77. The molecule has 0 aliphatic heterocycles. The van der Waals surface area contributed by atoms with Crippen LogP contribution in [0.1, 0.15) is 26.7 Å². The van der Waals surface area contributed by atoms with Gasteiger partial charge in [-0.2, -0.15) is 0 Å². The Morgan fingerprint density at radius 2 is 1.50 bits per heavy atom. The third-order valence-corrected chi connectivity index (χ3v) is 1.35. The van der Waals surface area contributed by atoms with E-state index < -0.39 is 0 Å². The zero-order chi connectivity index (χ0) is 9.07. The average molecular weight is 162 g/mol. The zero-order valence-corrected chi connectivity index (χ0v) is 8.03. The molecular formula is C12H18. The molecule has 0 radical (unpaired) electrons. The Labute approximate surface area is 76.0 Å². The fraction of sp³-hybridized carbons (Fsp3) is 0.333. The summed E-state index contributed by atoms with van der Waals surface area (Å²) in [5, 5.41) is 0. The Balaban J connectivity index is 3.45. The summed E-state index contributed by atoms with van der Waals surface area (Å²) in [6.45, 7) is 4.17. The molecular weight excluding hydrogens is 144 g/mol. The second kappa shape index (κ2) is 9.96. The molecule has 0 aromatic heterocycles. The van der Waals surface area contributed by atoms with E-state index in [1.54, 1.807) is 0 Å². The van der Waals surface area contributed by atoms with Gasteiger partial charge in [0, 0.05) is 0 Å². The van der Waals surface area contributed by atoms with Gasteiger partial charge >= 0.3 is 0 Å². The number of allylic oxidation sites excluding steroid dienone is 8. The molecule has 66 valence electrons.